The smallest absolute Gasteiger partial charge is 0.177 e. The average molecular weight is 478 g/mol. The lowest BCUT2D eigenvalue weighted by molar-refractivity contribution is -0.148. The normalized spacial score (nSPS) is 36.6. The van der Waals surface area contributed by atoms with Crippen LogP contribution >= 0.6 is 0 Å². The van der Waals surface area contributed by atoms with Crippen molar-refractivity contribution < 1.29 is 9.18 Å². The average Bonchev–Trinajstić information content (AvgIpc) is 3.18. The highest BCUT2D eigenvalue weighted by atomic mass is 19.1. The van der Waals surface area contributed by atoms with Gasteiger partial charge in [-0.25, -0.2) is 4.39 Å². The maximum atomic E-state index is 15.5. The molecule has 0 N–H and O–H groups in total. The van der Waals surface area contributed by atoms with Gasteiger partial charge in [-0.15, -0.1) is 0 Å². The Kier molecular flexibility index (Phi) is 4.56. The number of rotatable bonds is 3. The summed E-state index contributed by atoms with van der Waals surface area (Å²) in [7, 11) is 0. The molecule has 0 unspecified atom stereocenters. The number of ketones is 1. The van der Waals surface area contributed by atoms with Gasteiger partial charge in [0.25, 0.3) is 0 Å². The van der Waals surface area contributed by atoms with Crippen molar-refractivity contribution in [2.75, 3.05) is 0 Å². The molecule has 4 aliphatic carbocycles. The van der Waals surface area contributed by atoms with E-state index in [1.54, 1.807) is 18.2 Å². The van der Waals surface area contributed by atoms with Crippen LogP contribution in [0.15, 0.2) is 54.7 Å². The Balaban J connectivity index is 1.44. The van der Waals surface area contributed by atoms with Gasteiger partial charge in [-0.05, 0) is 85.1 Å². The van der Waals surface area contributed by atoms with E-state index in [1.165, 1.54) is 25.3 Å². The number of hydrogen-bond donors (Lipinski definition) is 0. The van der Waals surface area contributed by atoms with Gasteiger partial charge in [-0.1, -0.05) is 42.5 Å². The van der Waals surface area contributed by atoms with E-state index in [0.29, 0.717) is 23.3 Å². The van der Waals surface area contributed by atoms with Gasteiger partial charge in [-0.3, -0.25) is 4.79 Å². The first kappa shape index (κ1) is 21.8. The number of fused-ring (bicyclic) bond motifs is 3. The van der Waals surface area contributed by atoms with E-state index in [0.717, 1.165) is 30.4 Å². The van der Waals surface area contributed by atoms with Crippen LogP contribution in [0.5, 0.6) is 0 Å². The molecule has 3 atom stereocenters. The minimum Gasteiger partial charge on any atom is -0.357 e. The number of benzene rings is 2. The van der Waals surface area contributed by atoms with Gasteiger partial charge < -0.3 is 4.90 Å². The summed E-state index contributed by atoms with van der Waals surface area (Å²) in [6.07, 6.45) is 10.2. The highest BCUT2D eigenvalue weighted by molar-refractivity contribution is 5.93. The van der Waals surface area contributed by atoms with E-state index in [9.17, 15) is 15.3 Å². The van der Waals surface area contributed by atoms with Crippen LogP contribution in [0.4, 0.5) is 4.39 Å². The fourth-order valence-corrected chi connectivity index (χ4v) is 9.09. The zero-order chi connectivity index (χ0) is 24.7. The lowest BCUT2D eigenvalue weighted by Gasteiger charge is -2.57. The van der Waals surface area contributed by atoms with Crippen molar-refractivity contribution in [2.45, 2.75) is 56.5 Å². The molecule has 0 radical (unpaired) electrons. The first-order valence-corrected chi connectivity index (χ1v) is 13.2. The molecule has 36 heavy (non-hydrogen) atoms. The maximum Gasteiger partial charge on any atom is 0.177 e. The molecule has 4 nitrogen and oxygen atoms in total. The van der Waals surface area contributed by atoms with Crippen molar-refractivity contribution in [2.24, 2.45) is 28.6 Å². The van der Waals surface area contributed by atoms with Gasteiger partial charge >= 0.3 is 0 Å². The van der Waals surface area contributed by atoms with E-state index < -0.39 is 34.6 Å². The minimum atomic E-state index is -1.61. The lowest BCUT2D eigenvalue weighted by Crippen LogP contribution is -2.55. The highest BCUT2D eigenvalue weighted by Gasteiger charge is 2.67. The Morgan fingerprint density at radius 2 is 1.47 bits per heavy atom. The van der Waals surface area contributed by atoms with Crippen LogP contribution in [-0.4, -0.2) is 16.7 Å². The zero-order valence-electron chi connectivity index (χ0n) is 20.1. The monoisotopic (exact) mass is 477 g/mol. The first-order valence-electron chi connectivity index (χ1n) is 13.2. The number of halogens is 1. The third-order valence-corrected chi connectivity index (χ3v) is 10.0. The summed E-state index contributed by atoms with van der Waals surface area (Å²) in [5, 5.41) is 21.4. The van der Waals surface area contributed by atoms with Crippen molar-refractivity contribution in [3.8, 4) is 12.1 Å². The van der Waals surface area contributed by atoms with E-state index in [1.807, 2.05) is 41.4 Å². The summed E-state index contributed by atoms with van der Waals surface area (Å²) >= 11 is 0. The fraction of sp³-hybridized carbons (Fsp3) is 0.452. The molecule has 4 saturated carbocycles. The van der Waals surface area contributed by atoms with Crippen LogP contribution in [0, 0.1) is 57.1 Å². The minimum absolute atomic E-state index is 0.122. The van der Waals surface area contributed by atoms with E-state index in [4.69, 9.17) is 0 Å². The molecular formula is C31H28FN3O. The van der Waals surface area contributed by atoms with Crippen molar-refractivity contribution in [1.82, 2.24) is 4.90 Å². The summed E-state index contributed by atoms with van der Waals surface area (Å²) in [5.41, 5.74) is 0.0447. The number of carbonyl (C=O) groups excluding carboxylic acids is 1. The molecule has 2 aromatic carbocycles. The van der Waals surface area contributed by atoms with Gasteiger partial charge in [0.05, 0.1) is 24.2 Å². The topological polar surface area (TPSA) is 67.9 Å². The van der Waals surface area contributed by atoms with Gasteiger partial charge in [0.2, 0.25) is 0 Å². The number of Topliss-reactive ketones (excluding diaryl/α,β-unsaturated/α-hetero) is 1. The van der Waals surface area contributed by atoms with E-state index >= 15 is 4.39 Å². The molecule has 2 heterocycles. The maximum absolute atomic E-state index is 15.5. The third-order valence-electron chi connectivity index (χ3n) is 10.0. The van der Waals surface area contributed by atoms with Crippen molar-refractivity contribution >= 4 is 11.9 Å². The molecule has 4 bridgehead atoms. The van der Waals surface area contributed by atoms with Crippen LogP contribution in [0.25, 0.3) is 6.08 Å². The highest BCUT2D eigenvalue weighted by Crippen LogP contribution is 2.65. The summed E-state index contributed by atoms with van der Waals surface area (Å²) in [6.45, 7) is 0. The Hall–Kier alpha value is -3.44. The Morgan fingerprint density at radius 1 is 0.889 bits per heavy atom. The molecule has 8 rings (SSSR count). The summed E-state index contributed by atoms with van der Waals surface area (Å²) in [4.78, 5) is 16.8. The summed E-state index contributed by atoms with van der Waals surface area (Å²) < 4.78 is 15.5. The number of carbonyl (C=O) groups is 1. The lowest BCUT2D eigenvalue weighted by atomic mass is 9.47. The molecule has 1 saturated heterocycles. The van der Waals surface area contributed by atoms with E-state index in [2.05, 4.69) is 12.1 Å². The van der Waals surface area contributed by atoms with Crippen LogP contribution in [0.1, 0.15) is 67.2 Å². The van der Waals surface area contributed by atoms with E-state index in [-0.39, 0.29) is 5.78 Å². The quantitative estimate of drug-likeness (QED) is 0.533. The number of hydrogen-bond acceptors (Lipinski definition) is 4. The molecule has 180 valence electrons. The second kappa shape index (κ2) is 7.53. The van der Waals surface area contributed by atoms with Crippen LogP contribution in [-0.2, 0) is 4.79 Å². The second-order valence-corrected chi connectivity index (χ2v) is 11.9. The largest absolute Gasteiger partial charge is 0.357 e. The first-order chi connectivity index (χ1) is 17.5. The second-order valence-electron chi connectivity index (χ2n) is 11.9. The Bertz CT molecular complexity index is 1330. The fourth-order valence-electron chi connectivity index (χ4n) is 9.09. The van der Waals surface area contributed by atoms with Crippen LogP contribution < -0.4 is 0 Å². The van der Waals surface area contributed by atoms with Crippen molar-refractivity contribution in [1.29, 1.82) is 10.5 Å². The summed E-state index contributed by atoms with van der Waals surface area (Å²) in [6, 6.07) is 17.4. The molecule has 0 spiro atoms. The third kappa shape index (κ3) is 2.75. The molecule has 6 aliphatic rings. The summed E-state index contributed by atoms with van der Waals surface area (Å²) in [5.74, 6) is 0.528. The Labute approximate surface area is 211 Å². The number of nitriles is 2. The van der Waals surface area contributed by atoms with Crippen molar-refractivity contribution in [3.05, 3.63) is 77.2 Å². The molecule has 5 fully saturated rings. The molecule has 0 aromatic heterocycles. The molecule has 5 heteroatoms. The predicted octanol–water partition coefficient (Wildman–Crippen LogP) is 6.14. The van der Waals surface area contributed by atoms with Crippen molar-refractivity contribution in [3.63, 3.8) is 0 Å². The number of nitrogens with zero attached hydrogens (tertiary/aromatic N) is 3. The van der Waals surface area contributed by atoms with Crippen LogP contribution in [0.2, 0.25) is 0 Å². The molecular weight excluding hydrogens is 449 g/mol. The van der Waals surface area contributed by atoms with Gasteiger partial charge in [0.1, 0.15) is 5.82 Å². The molecule has 2 aromatic rings. The van der Waals surface area contributed by atoms with Gasteiger partial charge in [-0.2, -0.15) is 10.5 Å². The van der Waals surface area contributed by atoms with Gasteiger partial charge in [0.15, 0.2) is 11.2 Å². The zero-order valence-corrected chi connectivity index (χ0v) is 20.1. The molecule has 2 aliphatic heterocycles. The predicted molar refractivity (Wildman–Crippen MR) is 132 cm³/mol. The SMILES string of the molecule is N#CC1(C#N)[C@H](c2ccccc2F)[C@H](C(=O)C23CC4CC(CC(C4)C2)C3)N2C=Cc3ccccc3[C@@H]21. The van der Waals surface area contributed by atoms with Crippen LogP contribution in [0.3, 0.4) is 0 Å². The Morgan fingerprint density at radius 3 is 2.08 bits per heavy atom. The van der Waals surface area contributed by atoms with Gasteiger partial charge in [0, 0.05) is 17.5 Å². The molecule has 0 amide bonds. The standard InChI is InChI=1S/C31H28FN3O/c32-25-8-4-3-7-24(25)26-27(29(36)30-14-19-11-20(15-30)13-21(12-19)16-30)35-10-9-22-5-1-2-6-23(22)28(35)31(26,17-33)18-34/h1-10,19-21,26-28H,11-16H2/t19?,20?,21?,26-,27-,28-,30?/m1/s1.